The van der Waals surface area contributed by atoms with Gasteiger partial charge in [0, 0.05) is 13.0 Å². The third-order valence-electron chi connectivity index (χ3n) is 4.62. The van der Waals surface area contributed by atoms with Gasteiger partial charge in [0.2, 0.25) is 0 Å². The predicted octanol–water partition coefficient (Wildman–Crippen LogP) is 6.39. The molecule has 0 radical (unpaired) electrons. The zero-order valence-corrected chi connectivity index (χ0v) is 16.6. The van der Waals surface area contributed by atoms with E-state index in [2.05, 4.69) is 36.3 Å². The van der Waals surface area contributed by atoms with E-state index in [4.69, 9.17) is 0 Å². The zero-order valence-electron chi connectivity index (χ0n) is 15.7. The van der Waals surface area contributed by atoms with Crippen molar-refractivity contribution in [2.24, 2.45) is 0 Å². The minimum Gasteiger partial charge on any atom is -0.302 e. The second kappa shape index (κ2) is 14.6. The monoisotopic (exact) mass is 351 g/mol. The first kappa shape index (κ1) is 21.3. The van der Waals surface area contributed by atoms with E-state index >= 15 is 0 Å². The fraction of sp³-hybridized carbons (Fsp3) is 0.800. The Morgan fingerprint density at radius 2 is 1.33 bits per heavy atom. The van der Waals surface area contributed by atoms with Crippen LogP contribution in [0.15, 0.2) is 17.8 Å². The molecule has 0 saturated carbocycles. The number of aromatic nitrogens is 3. The largest absolute Gasteiger partial charge is 0.302 e. The molecule has 0 saturated heterocycles. The molecular formula is C20H37N3S. The van der Waals surface area contributed by atoms with Gasteiger partial charge in [0.1, 0.15) is 5.82 Å². The van der Waals surface area contributed by atoms with E-state index in [-0.39, 0.29) is 0 Å². The Hall–Kier alpha value is -0.770. The van der Waals surface area contributed by atoms with E-state index in [9.17, 15) is 0 Å². The van der Waals surface area contributed by atoms with Crippen molar-refractivity contribution in [3.8, 4) is 0 Å². The van der Waals surface area contributed by atoms with Crippen LogP contribution in [0.1, 0.15) is 96.2 Å². The van der Waals surface area contributed by atoms with Crippen LogP contribution >= 0.6 is 12.6 Å². The molecule has 0 amide bonds. The summed E-state index contributed by atoms with van der Waals surface area (Å²) in [5, 5.41) is 8.96. The van der Waals surface area contributed by atoms with Crippen molar-refractivity contribution in [2.45, 2.75) is 109 Å². The number of nitrogens with zero attached hydrogens (tertiary/aromatic N) is 3. The van der Waals surface area contributed by atoms with Gasteiger partial charge in [-0.1, -0.05) is 90.0 Å². The number of rotatable bonds is 16. The fourth-order valence-corrected chi connectivity index (χ4v) is 3.37. The number of thiol groups is 1. The van der Waals surface area contributed by atoms with Crippen LogP contribution in [-0.2, 0) is 13.0 Å². The second-order valence-corrected chi connectivity index (χ2v) is 7.21. The highest BCUT2D eigenvalue weighted by molar-refractivity contribution is 7.80. The summed E-state index contributed by atoms with van der Waals surface area (Å²) in [6, 6.07) is 0. The summed E-state index contributed by atoms with van der Waals surface area (Å²) < 4.78 is 2.04. The predicted molar refractivity (Wildman–Crippen MR) is 107 cm³/mol. The van der Waals surface area contributed by atoms with Crippen molar-refractivity contribution in [2.75, 3.05) is 0 Å². The molecule has 0 bridgehead atoms. The molecule has 0 spiro atoms. The molecule has 1 rings (SSSR count). The van der Waals surface area contributed by atoms with Gasteiger partial charge in [-0.2, -0.15) is 0 Å². The fourth-order valence-electron chi connectivity index (χ4n) is 3.13. The number of unbranched alkanes of at least 4 members (excludes halogenated alkanes) is 12. The summed E-state index contributed by atoms with van der Waals surface area (Å²) in [7, 11) is 0. The first-order valence-corrected chi connectivity index (χ1v) is 10.5. The highest BCUT2D eigenvalue weighted by atomic mass is 32.1. The van der Waals surface area contributed by atoms with E-state index in [1.54, 1.807) is 0 Å². The van der Waals surface area contributed by atoms with Crippen molar-refractivity contribution < 1.29 is 0 Å². The van der Waals surface area contributed by atoms with Crippen LogP contribution in [-0.4, -0.2) is 14.8 Å². The summed E-state index contributed by atoms with van der Waals surface area (Å²) in [4.78, 5) is 0. The van der Waals surface area contributed by atoms with Crippen LogP contribution in [0, 0.1) is 0 Å². The molecule has 138 valence electrons. The van der Waals surface area contributed by atoms with Gasteiger partial charge in [0.15, 0.2) is 5.16 Å². The molecular weight excluding hydrogens is 314 g/mol. The van der Waals surface area contributed by atoms with E-state index in [0.29, 0.717) is 5.16 Å². The van der Waals surface area contributed by atoms with Crippen LogP contribution in [0.3, 0.4) is 0 Å². The number of hydrogen-bond donors (Lipinski definition) is 1. The van der Waals surface area contributed by atoms with Gasteiger partial charge in [-0.25, -0.2) is 0 Å². The summed E-state index contributed by atoms with van der Waals surface area (Å²) in [5.74, 6) is 1.04. The van der Waals surface area contributed by atoms with Crippen LogP contribution in [0.2, 0.25) is 0 Å². The average Bonchev–Trinajstić information content (AvgIpc) is 2.93. The standard InChI is InChI=1S/C20H37N3S/c1-3-5-6-7-8-9-10-11-12-13-14-15-16-17-19-21-22-20(24)23(19)18-4-2/h4H,2-3,5-18H2,1H3,(H,22,24). The lowest BCUT2D eigenvalue weighted by Gasteiger charge is -2.05. The molecule has 0 fully saturated rings. The van der Waals surface area contributed by atoms with E-state index in [1.807, 2.05) is 10.6 Å². The maximum absolute atomic E-state index is 4.34. The van der Waals surface area contributed by atoms with Crippen LogP contribution < -0.4 is 0 Å². The lowest BCUT2D eigenvalue weighted by molar-refractivity contribution is 0.536. The molecule has 0 aliphatic carbocycles. The molecule has 0 aromatic carbocycles. The maximum Gasteiger partial charge on any atom is 0.188 e. The van der Waals surface area contributed by atoms with Crippen molar-refractivity contribution in [1.82, 2.24) is 14.8 Å². The molecule has 1 heterocycles. The third-order valence-corrected chi connectivity index (χ3v) is 4.95. The van der Waals surface area contributed by atoms with Gasteiger partial charge in [-0.05, 0) is 6.42 Å². The first-order chi connectivity index (χ1) is 11.8. The lowest BCUT2D eigenvalue weighted by Crippen LogP contribution is -2.03. The highest BCUT2D eigenvalue weighted by Gasteiger charge is 2.07. The molecule has 0 atom stereocenters. The Kier molecular flexibility index (Phi) is 12.9. The molecule has 0 N–H and O–H groups in total. The Bertz CT molecular complexity index is 429. The number of allylic oxidation sites excluding steroid dienone is 1. The molecule has 1 aromatic heterocycles. The number of hydrogen-bond acceptors (Lipinski definition) is 3. The van der Waals surface area contributed by atoms with Crippen molar-refractivity contribution in [1.29, 1.82) is 0 Å². The van der Waals surface area contributed by atoms with Gasteiger partial charge >= 0.3 is 0 Å². The second-order valence-electron chi connectivity index (χ2n) is 6.81. The Morgan fingerprint density at radius 1 is 0.833 bits per heavy atom. The minimum absolute atomic E-state index is 0.694. The SMILES string of the molecule is C=CCn1c(S)nnc1CCCCCCCCCCCCCCC. The Labute approximate surface area is 154 Å². The zero-order chi connectivity index (χ0) is 17.5. The molecule has 4 heteroatoms. The van der Waals surface area contributed by atoms with Crippen LogP contribution in [0.25, 0.3) is 0 Å². The normalized spacial score (nSPS) is 11.1. The van der Waals surface area contributed by atoms with E-state index < -0.39 is 0 Å². The maximum atomic E-state index is 4.34. The third kappa shape index (κ3) is 9.51. The van der Waals surface area contributed by atoms with E-state index in [1.165, 1.54) is 83.5 Å². The Balaban J connectivity index is 1.91. The van der Waals surface area contributed by atoms with Crippen LogP contribution in [0.4, 0.5) is 0 Å². The average molecular weight is 352 g/mol. The van der Waals surface area contributed by atoms with Crippen molar-refractivity contribution in [3.05, 3.63) is 18.5 Å². The van der Waals surface area contributed by atoms with Gasteiger partial charge in [0.25, 0.3) is 0 Å². The van der Waals surface area contributed by atoms with Gasteiger partial charge in [-0.15, -0.1) is 29.4 Å². The summed E-state index contributed by atoms with van der Waals surface area (Å²) in [6.07, 6.45) is 20.9. The summed E-state index contributed by atoms with van der Waals surface area (Å²) in [5.41, 5.74) is 0. The molecule has 0 aliphatic rings. The molecule has 1 aromatic rings. The van der Waals surface area contributed by atoms with Gasteiger partial charge in [0.05, 0.1) is 0 Å². The smallest absolute Gasteiger partial charge is 0.188 e. The first-order valence-electron chi connectivity index (χ1n) is 10.0. The Morgan fingerprint density at radius 3 is 1.83 bits per heavy atom. The van der Waals surface area contributed by atoms with Crippen molar-refractivity contribution in [3.63, 3.8) is 0 Å². The lowest BCUT2D eigenvalue weighted by atomic mass is 10.0. The van der Waals surface area contributed by atoms with Crippen LogP contribution in [0.5, 0.6) is 0 Å². The van der Waals surface area contributed by atoms with Crippen molar-refractivity contribution >= 4 is 12.6 Å². The molecule has 0 unspecified atom stereocenters. The van der Waals surface area contributed by atoms with E-state index in [0.717, 1.165) is 18.8 Å². The minimum atomic E-state index is 0.694. The molecule has 3 nitrogen and oxygen atoms in total. The topological polar surface area (TPSA) is 30.7 Å². The number of aryl methyl sites for hydroxylation is 1. The molecule has 0 aliphatic heterocycles. The summed E-state index contributed by atoms with van der Waals surface area (Å²) >= 11 is 4.34. The molecule has 24 heavy (non-hydrogen) atoms. The quantitative estimate of drug-likeness (QED) is 0.212. The highest BCUT2D eigenvalue weighted by Crippen LogP contribution is 2.14. The summed E-state index contributed by atoms with van der Waals surface area (Å²) in [6.45, 7) is 6.81. The van der Waals surface area contributed by atoms with Gasteiger partial charge < -0.3 is 4.57 Å². The van der Waals surface area contributed by atoms with Gasteiger partial charge in [-0.3, -0.25) is 0 Å².